The highest BCUT2D eigenvalue weighted by atomic mass is 35.5. The number of hydrogen-bond acceptors (Lipinski definition) is 2. The maximum Gasteiger partial charge on any atom is 0.132 e. The van der Waals surface area contributed by atoms with Gasteiger partial charge in [-0.05, 0) is 43.2 Å². The summed E-state index contributed by atoms with van der Waals surface area (Å²) in [4.78, 5) is 4.15. The molecule has 2 nitrogen and oxygen atoms in total. The maximum absolute atomic E-state index is 6.03. The molecule has 0 saturated heterocycles. The van der Waals surface area contributed by atoms with Gasteiger partial charge in [-0.2, -0.15) is 0 Å². The van der Waals surface area contributed by atoms with Gasteiger partial charge in [-0.3, -0.25) is 0 Å². The van der Waals surface area contributed by atoms with Crippen molar-refractivity contribution in [2.45, 2.75) is 20.5 Å². The number of nitrogens with zero attached hydrogens (tertiary/aromatic N) is 1. The van der Waals surface area contributed by atoms with Crippen molar-refractivity contribution in [3.63, 3.8) is 0 Å². The molecule has 0 unspecified atom stereocenters. The number of ether oxygens (including phenoxy) is 1. The Hall–Kier alpha value is -1.25. The van der Waals surface area contributed by atoms with Crippen LogP contribution >= 0.6 is 23.2 Å². The van der Waals surface area contributed by atoms with Gasteiger partial charge in [-0.25, -0.2) is 4.98 Å². The summed E-state index contributed by atoms with van der Waals surface area (Å²) in [5, 5.41) is 0.976. The Kier molecular flexibility index (Phi) is 4.10. The molecule has 0 aliphatic carbocycles. The van der Waals surface area contributed by atoms with Gasteiger partial charge in [0.05, 0.1) is 10.7 Å². The van der Waals surface area contributed by atoms with Crippen molar-refractivity contribution in [3.05, 3.63) is 57.3 Å². The van der Waals surface area contributed by atoms with Crippen LogP contribution in [0.25, 0.3) is 0 Å². The van der Waals surface area contributed by atoms with Gasteiger partial charge >= 0.3 is 0 Å². The van der Waals surface area contributed by atoms with E-state index >= 15 is 0 Å². The first-order valence-electron chi connectivity index (χ1n) is 5.58. The highest BCUT2D eigenvalue weighted by Crippen LogP contribution is 2.23. The van der Waals surface area contributed by atoms with Crippen molar-refractivity contribution in [2.24, 2.45) is 0 Å². The standard InChI is InChI=1S/C14H13Cl2NO/c1-9-4-3-5-13(10(9)2)18-8-12-11(15)6-7-14(16)17-12/h3-7H,8H2,1-2H3. The summed E-state index contributed by atoms with van der Waals surface area (Å²) in [6, 6.07) is 9.32. The molecular weight excluding hydrogens is 269 g/mol. The number of pyridine rings is 1. The van der Waals surface area contributed by atoms with Gasteiger partial charge in [0.25, 0.3) is 0 Å². The summed E-state index contributed by atoms with van der Waals surface area (Å²) in [7, 11) is 0. The summed E-state index contributed by atoms with van der Waals surface area (Å²) >= 11 is 11.9. The molecule has 0 N–H and O–H groups in total. The van der Waals surface area contributed by atoms with Crippen LogP contribution in [0.15, 0.2) is 30.3 Å². The number of aryl methyl sites for hydroxylation is 1. The summed E-state index contributed by atoms with van der Waals surface area (Å²) in [6.07, 6.45) is 0. The Balaban J connectivity index is 2.16. The van der Waals surface area contributed by atoms with E-state index in [1.54, 1.807) is 12.1 Å². The van der Waals surface area contributed by atoms with Crippen LogP contribution in [-0.2, 0) is 6.61 Å². The Morgan fingerprint density at radius 2 is 1.89 bits per heavy atom. The summed E-state index contributed by atoms with van der Waals surface area (Å²) in [6.45, 7) is 4.38. The summed E-state index contributed by atoms with van der Waals surface area (Å²) in [5.74, 6) is 0.841. The lowest BCUT2D eigenvalue weighted by Crippen LogP contribution is -2.01. The first kappa shape index (κ1) is 13.2. The zero-order valence-corrected chi connectivity index (χ0v) is 11.7. The molecule has 0 saturated carbocycles. The summed E-state index contributed by atoms with van der Waals surface area (Å²) in [5.41, 5.74) is 2.96. The molecule has 18 heavy (non-hydrogen) atoms. The van der Waals surface area contributed by atoms with Crippen LogP contribution in [0.5, 0.6) is 5.75 Å². The first-order chi connectivity index (χ1) is 8.58. The fraction of sp³-hybridized carbons (Fsp3) is 0.214. The number of halogens is 2. The molecule has 4 heteroatoms. The van der Waals surface area contributed by atoms with Crippen LogP contribution in [-0.4, -0.2) is 4.98 Å². The highest BCUT2D eigenvalue weighted by Gasteiger charge is 2.06. The Labute approximate surface area is 117 Å². The Morgan fingerprint density at radius 3 is 2.67 bits per heavy atom. The van der Waals surface area contributed by atoms with Crippen molar-refractivity contribution in [1.82, 2.24) is 4.98 Å². The van der Waals surface area contributed by atoms with Gasteiger partial charge in [0.2, 0.25) is 0 Å². The predicted molar refractivity (Wildman–Crippen MR) is 74.5 cm³/mol. The molecule has 0 aliphatic heterocycles. The lowest BCUT2D eigenvalue weighted by Gasteiger charge is -2.11. The van der Waals surface area contributed by atoms with Gasteiger partial charge in [0, 0.05) is 0 Å². The minimum atomic E-state index is 0.309. The molecule has 0 fully saturated rings. The van der Waals surface area contributed by atoms with Crippen LogP contribution in [0.1, 0.15) is 16.8 Å². The van der Waals surface area contributed by atoms with Gasteiger partial charge < -0.3 is 4.74 Å². The second kappa shape index (κ2) is 5.59. The molecule has 2 aromatic rings. The molecular formula is C14H13Cl2NO. The molecule has 1 heterocycles. The molecule has 2 rings (SSSR count). The number of hydrogen-bond donors (Lipinski definition) is 0. The van der Waals surface area contributed by atoms with E-state index in [0.29, 0.717) is 22.5 Å². The predicted octanol–water partition coefficient (Wildman–Crippen LogP) is 4.58. The van der Waals surface area contributed by atoms with Crippen LogP contribution in [0, 0.1) is 13.8 Å². The molecule has 94 valence electrons. The zero-order valence-electron chi connectivity index (χ0n) is 10.2. The number of aromatic nitrogens is 1. The third-order valence-electron chi connectivity index (χ3n) is 2.80. The molecule has 0 amide bonds. The first-order valence-corrected chi connectivity index (χ1v) is 6.33. The van der Waals surface area contributed by atoms with E-state index in [4.69, 9.17) is 27.9 Å². The Bertz CT molecular complexity index is 568. The van der Waals surface area contributed by atoms with Gasteiger partial charge in [0.1, 0.15) is 17.5 Å². The molecule has 0 aliphatic rings. The highest BCUT2D eigenvalue weighted by molar-refractivity contribution is 6.32. The second-order valence-electron chi connectivity index (χ2n) is 4.05. The van der Waals surface area contributed by atoms with E-state index in [9.17, 15) is 0 Å². The van der Waals surface area contributed by atoms with Crippen molar-refractivity contribution in [2.75, 3.05) is 0 Å². The normalized spacial score (nSPS) is 10.4. The SMILES string of the molecule is Cc1cccc(OCc2nc(Cl)ccc2Cl)c1C. The monoisotopic (exact) mass is 281 g/mol. The largest absolute Gasteiger partial charge is 0.487 e. The smallest absolute Gasteiger partial charge is 0.132 e. The van der Waals surface area contributed by atoms with Crippen LogP contribution in [0.3, 0.4) is 0 Å². The molecule has 1 aromatic carbocycles. The van der Waals surface area contributed by atoms with Crippen molar-refractivity contribution in [1.29, 1.82) is 0 Å². The average molecular weight is 282 g/mol. The van der Waals surface area contributed by atoms with Crippen LogP contribution in [0.2, 0.25) is 10.2 Å². The lowest BCUT2D eigenvalue weighted by atomic mass is 10.1. The van der Waals surface area contributed by atoms with Crippen molar-refractivity contribution in [3.8, 4) is 5.75 Å². The average Bonchev–Trinajstić information content (AvgIpc) is 2.35. The fourth-order valence-electron chi connectivity index (χ4n) is 1.59. The van der Waals surface area contributed by atoms with E-state index in [1.165, 1.54) is 5.56 Å². The fourth-order valence-corrected chi connectivity index (χ4v) is 1.91. The van der Waals surface area contributed by atoms with Crippen LogP contribution in [0.4, 0.5) is 0 Å². The molecule has 0 atom stereocenters. The van der Waals surface area contributed by atoms with Gasteiger partial charge in [-0.1, -0.05) is 35.3 Å². The zero-order chi connectivity index (χ0) is 13.1. The van der Waals surface area contributed by atoms with E-state index < -0.39 is 0 Å². The molecule has 0 bridgehead atoms. The second-order valence-corrected chi connectivity index (χ2v) is 4.84. The minimum Gasteiger partial charge on any atom is -0.487 e. The Morgan fingerprint density at radius 1 is 1.11 bits per heavy atom. The molecule has 1 aromatic heterocycles. The van der Waals surface area contributed by atoms with Gasteiger partial charge in [-0.15, -0.1) is 0 Å². The van der Waals surface area contributed by atoms with Crippen molar-refractivity contribution < 1.29 is 4.74 Å². The maximum atomic E-state index is 6.03. The van der Waals surface area contributed by atoms with Crippen molar-refractivity contribution >= 4 is 23.2 Å². The topological polar surface area (TPSA) is 22.1 Å². The van der Waals surface area contributed by atoms with E-state index in [-0.39, 0.29) is 0 Å². The molecule has 0 radical (unpaired) electrons. The number of rotatable bonds is 3. The minimum absolute atomic E-state index is 0.309. The third kappa shape index (κ3) is 2.95. The third-order valence-corrected chi connectivity index (χ3v) is 3.36. The van der Waals surface area contributed by atoms with Crippen LogP contribution < -0.4 is 4.74 Å². The van der Waals surface area contributed by atoms with E-state index in [1.807, 2.05) is 32.0 Å². The van der Waals surface area contributed by atoms with Gasteiger partial charge in [0.15, 0.2) is 0 Å². The quantitative estimate of drug-likeness (QED) is 0.768. The summed E-state index contributed by atoms with van der Waals surface area (Å²) < 4.78 is 5.73. The number of benzene rings is 1. The van der Waals surface area contributed by atoms with E-state index in [0.717, 1.165) is 11.3 Å². The molecule has 0 spiro atoms. The van der Waals surface area contributed by atoms with E-state index in [2.05, 4.69) is 4.98 Å². The lowest BCUT2D eigenvalue weighted by molar-refractivity contribution is 0.299.